The number of aliphatic hydroxyl groups excluding tert-OH is 1. The van der Waals surface area contributed by atoms with Gasteiger partial charge in [-0.15, -0.1) is 0 Å². The van der Waals surface area contributed by atoms with E-state index in [0.717, 1.165) is 36.9 Å². The Morgan fingerprint density at radius 2 is 1.66 bits per heavy atom. The largest absolute Gasteiger partial charge is 0.507 e. The van der Waals surface area contributed by atoms with E-state index >= 15 is 0 Å². The van der Waals surface area contributed by atoms with Crippen LogP contribution in [-0.2, 0) is 9.59 Å². The van der Waals surface area contributed by atoms with Crippen LogP contribution in [0.4, 0.5) is 5.13 Å². The topological polar surface area (TPSA) is 70.5 Å². The molecule has 35 heavy (non-hydrogen) atoms. The number of thiazole rings is 1. The number of nitrogens with zero attached hydrogens (tertiary/aromatic N) is 2. The molecule has 4 aromatic rings. The second-order valence-electron chi connectivity index (χ2n) is 8.96. The average molecular weight is 547 g/mol. The van der Waals surface area contributed by atoms with Crippen molar-refractivity contribution in [2.45, 2.75) is 33.7 Å². The van der Waals surface area contributed by atoms with Gasteiger partial charge in [0.25, 0.3) is 5.78 Å². The lowest BCUT2D eigenvalue weighted by molar-refractivity contribution is -0.132. The first-order valence-electron chi connectivity index (χ1n) is 11.2. The summed E-state index contributed by atoms with van der Waals surface area (Å²) in [5.74, 6) is -1.59. The lowest BCUT2D eigenvalue weighted by Crippen LogP contribution is -2.29. The molecule has 1 amide bonds. The van der Waals surface area contributed by atoms with Crippen LogP contribution < -0.4 is 4.90 Å². The summed E-state index contributed by atoms with van der Waals surface area (Å²) in [6.07, 6.45) is 0. The minimum Gasteiger partial charge on any atom is -0.507 e. The van der Waals surface area contributed by atoms with Gasteiger partial charge in [-0.1, -0.05) is 63.2 Å². The number of carbonyl (C=O) groups is 2. The maximum Gasteiger partial charge on any atom is 0.301 e. The quantitative estimate of drug-likeness (QED) is 0.172. The summed E-state index contributed by atoms with van der Waals surface area (Å²) in [5.41, 5.74) is 6.01. The summed E-state index contributed by atoms with van der Waals surface area (Å²) in [6, 6.07) is 16.4. The van der Waals surface area contributed by atoms with E-state index in [1.807, 2.05) is 82.3 Å². The van der Waals surface area contributed by atoms with Crippen molar-refractivity contribution in [2.75, 3.05) is 4.90 Å². The second-order valence-corrected chi connectivity index (χ2v) is 10.9. The number of amides is 1. The summed E-state index contributed by atoms with van der Waals surface area (Å²) < 4.78 is 1.82. The van der Waals surface area contributed by atoms with Gasteiger partial charge < -0.3 is 5.11 Å². The van der Waals surface area contributed by atoms with Crippen molar-refractivity contribution >= 4 is 60.1 Å². The predicted octanol–water partition coefficient (Wildman–Crippen LogP) is 6.92. The SMILES string of the molecule is Cc1ccc(C)c(C(O)=C2C(=O)C(=O)N(c3nc4c(C)cc(C)cc4s3)C2c2ccc(Br)cc2)c1. The summed E-state index contributed by atoms with van der Waals surface area (Å²) in [6.45, 7) is 7.80. The predicted molar refractivity (Wildman–Crippen MR) is 144 cm³/mol. The van der Waals surface area contributed by atoms with Crippen LogP contribution in [0.15, 0.2) is 64.6 Å². The third-order valence-electron chi connectivity index (χ3n) is 6.30. The van der Waals surface area contributed by atoms with E-state index in [2.05, 4.69) is 15.9 Å². The number of hydrogen-bond donors (Lipinski definition) is 1. The highest BCUT2D eigenvalue weighted by Crippen LogP contribution is 2.45. The van der Waals surface area contributed by atoms with E-state index in [1.165, 1.54) is 16.2 Å². The van der Waals surface area contributed by atoms with Crippen LogP contribution in [0.2, 0.25) is 0 Å². The van der Waals surface area contributed by atoms with Gasteiger partial charge in [-0.05, 0) is 74.2 Å². The monoisotopic (exact) mass is 546 g/mol. The number of benzene rings is 3. The van der Waals surface area contributed by atoms with Crippen LogP contribution in [0.1, 0.15) is 39.4 Å². The van der Waals surface area contributed by atoms with Crippen LogP contribution in [0, 0.1) is 27.7 Å². The fourth-order valence-electron chi connectivity index (χ4n) is 4.59. The maximum absolute atomic E-state index is 13.5. The number of aryl methyl sites for hydroxylation is 4. The standard InChI is InChI=1S/C28H23BrN2O3S/c1-14-5-6-16(3)20(12-14)25(32)22-24(18-7-9-19(29)10-8-18)31(27(34)26(22)33)28-30-23-17(4)11-15(2)13-21(23)35-28/h5-13,24,32H,1-4H3. The molecule has 0 bridgehead atoms. The molecular weight excluding hydrogens is 524 g/mol. The van der Waals surface area contributed by atoms with Gasteiger partial charge in [-0.2, -0.15) is 0 Å². The van der Waals surface area contributed by atoms with Gasteiger partial charge in [-0.25, -0.2) is 4.98 Å². The Morgan fingerprint density at radius 1 is 0.943 bits per heavy atom. The molecule has 5 rings (SSSR count). The van der Waals surface area contributed by atoms with Crippen LogP contribution in [0.25, 0.3) is 16.0 Å². The molecule has 0 aliphatic carbocycles. The fraction of sp³-hybridized carbons (Fsp3) is 0.179. The first-order chi connectivity index (χ1) is 16.7. The molecule has 2 heterocycles. The number of fused-ring (bicyclic) bond motifs is 1. The van der Waals surface area contributed by atoms with Crippen molar-refractivity contribution in [1.29, 1.82) is 0 Å². The van der Waals surface area contributed by atoms with E-state index in [1.54, 1.807) is 0 Å². The Labute approximate surface area is 215 Å². The Morgan fingerprint density at radius 3 is 2.37 bits per heavy atom. The molecule has 7 heteroatoms. The molecule has 176 valence electrons. The smallest absolute Gasteiger partial charge is 0.301 e. The molecule has 1 N–H and O–H groups in total. The van der Waals surface area contributed by atoms with Crippen molar-refractivity contribution in [3.63, 3.8) is 0 Å². The highest BCUT2D eigenvalue weighted by atomic mass is 79.9. The van der Waals surface area contributed by atoms with E-state index in [4.69, 9.17) is 4.98 Å². The first kappa shape index (κ1) is 23.5. The van der Waals surface area contributed by atoms with Crippen LogP contribution in [0.5, 0.6) is 0 Å². The Bertz CT molecular complexity index is 1550. The molecule has 1 fully saturated rings. The third-order valence-corrected chi connectivity index (χ3v) is 7.83. The number of carbonyl (C=O) groups excluding carboxylic acids is 2. The molecule has 1 atom stereocenters. The highest BCUT2D eigenvalue weighted by Gasteiger charge is 2.48. The Kier molecular flexibility index (Phi) is 5.85. The molecule has 1 aliphatic heterocycles. The molecule has 1 aromatic heterocycles. The number of aliphatic hydroxyl groups is 1. The molecule has 0 saturated carbocycles. The minimum atomic E-state index is -0.801. The number of halogens is 1. The normalized spacial score (nSPS) is 17.5. The lowest BCUT2D eigenvalue weighted by atomic mass is 9.93. The molecule has 0 spiro atoms. The molecule has 5 nitrogen and oxygen atoms in total. The number of anilines is 1. The number of Topliss-reactive ketones (excluding diaryl/α,β-unsaturated/α-hetero) is 1. The fourth-order valence-corrected chi connectivity index (χ4v) is 6.02. The van der Waals surface area contributed by atoms with Gasteiger partial charge in [0.05, 0.1) is 21.8 Å². The average Bonchev–Trinajstić information content (AvgIpc) is 3.34. The Hall–Kier alpha value is -3.29. The van der Waals surface area contributed by atoms with Gasteiger partial charge in [0.15, 0.2) is 5.13 Å². The number of ketones is 1. The van der Waals surface area contributed by atoms with E-state index in [-0.39, 0.29) is 11.3 Å². The number of rotatable bonds is 3. The van der Waals surface area contributed by atoms with Crippen LogP contribution in [0.3, 0.4) is 0 Å². The number of hydrogen-bond acceptors (Lipinski definition) is 5. The maximum atomic E-state index is 13.5. The van der Waals surface area contributed by atoms with Crippen molar-refractivity contribution in [3.05, 3.63) is 98.0 Å². The molecular formula is C28H23BrN2O3S. The summed E-state index contributed by atoms with van der Waals surface area (Å²) >= 11 is 4.83. The van der Waals surface area contributed by atoms with Crippen molar-refractivity contribution < 1.29 is 14.7 Å². The highest BCUT2D eigenvalue weighted by molar-refractivity contribution is 9.10. The van der Waals surface area contributed by atoms with Gasteiger partial charge in [0, 0.05) is 10.0 Å². The van der Waals surface area contributed by atoms with E-state index < -0.39 is 17.7 Å². The van der Waals surface area contributed by atoms with Crippen molar-refractivity contribution in [3.8, 4) is 0 Å². The zero-order valence-corrected chi connectivity index (χ0v) is 22.1. The van der Waals surface area contributed by atoms with E-state index in [0.29, 0.717) is 16.3 Å². The molecule has 1 saturated heterocycles. The first-order valence-corrected chi connectivity index (χ1v) is 12.8. The molecule has 0 radical (unpaired) electrons. The van der Waals surface area contributed by atoms with Crippen molar-refractivity contribution in [1.82, 2.24) is 4.98 Å². The van der Waals surface area contributed by atoms with Gasteiger partial charge >= 0.3 is 5.91 Å². The lowest BCUT2D eigenvalue weighted by Gasteiger charge is -2.23. The zero-order chi connectivity index (χ0) is 25.0. The molecule has 1 aliphatic rings. The third kappa shape index (κ3) is 3.98. The summed E-state index contributed by atoms with van der Waals surface area (Å²) in [4.78, 5) is 33.1. The van der Waals surface area contributed by atoms with Crippen LogP contribution >= 0.6 is 27.3 Å². The van der Waals surface area contributed by atoms with E-state index in [9.17, 15) is 14.7 Å². The molecule has 1 unspecified atom stereocenters. The minimum absolute atomic E-state index is 0.0678. The summed E-state index contributed by atoms with van der Waals surface area (Å²) in [5, 5.41) is 11.9. The van der Waals surface area contributed by atoms with Gasteiger partial charge in [0.1, 0.15) is 5.76 Å². The zero-order valence-electron chi connectivity index (χ0n) is 19.7. The Balaban J connectivity index is 1.77. The van der Waals surface area contributed by atoms with Gasteiger partial charge in [0.2, 0.25) is 0 Å². The van der Waals surface area contributed by atoms with Gasteiger partial charge in [-0.3, -0.25) is 14.5 Å². The molecule has 3 aromatic carbocycles. The second kappa shape index (κ2) is 8.73. The summed E-state index contributed by atoms with van der Waals surface area (Å²) in [7, 11) is 0. The number of aromatic nitrogens is 1. The van der Waals surface area contributed by atoms with Crippen LogP contribution in [-0.4, -0.2) is 21.8 Å². The van der Waals surface area contributed by atoms with Crippen molar-refractivity contribution in [2.24, 2.45) is 0 Å².